The van der Waals surface area contributed by atoms with Gasteiger partial charge >= 0.3 is 0 Å². The Labute approximate surface area is 153 Å². The van der Waals surface area contributed by atoms with Gasteiger partial charge in [-0.05, 0) is 24.1 Å². The molecule has 2 amide bonds. The summed E-state index contributed by atoms with van der Waals surface area (Å²) >= 11 is 1.34. The second-order valence-corrected chi connectivity index (χ2v) is 7.17. The number of carbonyl (C=O) groups is 2. The third-order valence-electron chi connectivity index (χ3n) is 4.03. The molecule has 6 nitrogen and oxygen atoms in total. The fourth-order valence-corrected chi connectivity index (χ4v) is 3.83. The van der Waals surface area contributed by atoms with Gasteiger partial charge in [-0.3, -0.25) is 14.4 Å². The molecule has 0 saturated carbocycles. The van der Waals surface area contributed by atoms with Crippen LogP contribution in [0.15, 0.2) is 47.3 Å². The zero-order chi connectivity index (χ0) is 18.5. The lowest BCUT2D eigenvalue weighted by molar-refractivity contribution is -0.128. The van der Waals surface area contributed by atoms with Crippen molar-refractivity contribution in [2.75, 3.05) is 5.75 Å². The van der Waals surface area contributed by atoms with Crippen molar-refractivity contribution in [3.63, 3.8) is 0 Å². The highest BCUT2D eigenvalue weighted by Crippen LogP contribution is 2.23. The van der Waals surface area contributed by atoms with E-state index in [1.807, 2.05) is 0 Å². The third kappa shape index (κ3) is 4.51. The van der Waals surface area contributed by atoms with Crippen molar-refractivity contribution in [1.29, 1.82) is 0 Å². The van der Waals surface area contributed by atoms with Crippen LogP contribution in [0.4, 0.5) is 4.39 Å². The Bertz CT molecular complexity index is 871. The fraction of sp³-hybridized carbons (Fsp3) is 0.278. The summed E-state index contributed by atoms with van der Waals surface area (Å²) in [5.41, 5.74) is 0.823. The number of nitrogens with one attached hydrogen (secondary N) is 3. The van der Waals surface area contributed by atoms with Crippen LogP contribution in [0, 0.1) is 5.82 Å². The molecular formula is C18H18FN3O3S. The van der Waals surface area contributed by atoms with Crippen LogP contribution < -0.4 is 16.2 Å². The van der Waals surface area contributed by atoms with Crippen molar-refractivity contribution in [1.82, 2.24) is 15.6 Å². The third-order valence-corrected chi connectivity index (χ3v) is 5.34. The Hall–Kier alpha value is -2.61. The normalized spacial score (nSPS) is 19.7. The quantitative estimate of drug-likeness (QED) is 0.726. The van der Waals surface area contributed by atoms with Gasteiger partial charge < -0.3 is 15.6 Å². The number of carbonyl (C=O) groups excluding carboxylic acids is 2. The maximum atomic E-state index is 13.7. The molecule has 1 aliphatic rings. The molecule has 1 aromatic heterocycles. The van der Waals surface area contributed by atoms with Crippen LogP contribution in [-0.2, 0) is 22.6 Å². The highest BCUT2D eigenvalue weighted by molar-refractivity contribution is 8.00. The molecule has 0 aliphatic carbocycles. The molecule has 2 heterocycles. The topological polar surface area (TPSA) is 91.1 Å². The second kappa shape index (κ2) is 8.18. The van der Waals surface area contributed by atoms with E-state index >= 15 is 0 Å². The van der Waals surface area contributed by atoms with Crippen LogP contribution in [0.3, 0.4) is 0 Å². The van der Waals surface area contributed by atoms with Crippen LogP contribution in [0.25, 0.3) is 0 Å². The van der Waals surface area contributed by atoms with Crippen molar-refractivity contribution in [3.05, 3.63) is 69.9 Å². The minimum Gasteiger partial charge on any atom is -0.349 e. The summed E-state index contributed by atoms with van der Waals surface area (Å²) in [7, 11) is 0. The molecule has 2 aromatic rings. The van der Waals surface area contributed by atoms with Crippen LogP contribution in [0.5, 0.6) is 0 Å². The van der Waals surface area contributed by atoms with E-state index in [1.165, 1.54) is 23.9 Å². The van der Waals surface area contributed by atoms with E-state index in [9.17, 15) is 18.8 Å². The van der Waals surface area contributed by atoms with Crippen molar-refractivity contribution in [2.24, 2.45) is 0 Å². The summed E-state index contributed by atoms with van der Waals surface area (Å²) in [4.78, 5) is 38.3. The molecule has 0 bridgehead atoms. The van der Waals surface area contributed by atoms with Gasteiger partial charge in [-0.2, -0.15) is 0 Å². The fourth-order valence-electron chi connectivity index (χ4n) is 2.65. The molecule has 3 rings (SSSR count). The van der Waals surface area contributed by atoms with Crippen LogP contribution >= 0.6 is 11.8 Å². The summed E-state index contributed by atoms with van der Waals surface area (Å²) in [5, 5.41) is 4.95. The highest BCUT2D eigenvalue weighted by Gasteiger charge is 2.32. The van der Waals surface area contributed by atoms with Gasteiger partial charge in [0.05, 0.1) is 11.8 Å². The molecule has 1 aliphatic heterocycles. The number of rotatable bonds is 5. The largest absolute Gasteiger partial charge is 0.349 e. The number of aromatic amines is 1. The van der Waals surface area contributed by atoms with Gasteiger partial charge in [-0.15, -0.1) is 11.8 Å². The molecule has 1 fully saturated rings. The van der Waals surface area contributed by atoms with Gasteiger partial charge in [0.25, 0.3) is 0 Å². The average Bonchev–Trinajstić information content (AvgIpc) is 2.63. The second-order valence-electron chi connectivity index (χ2n) is 5.94. The maximum Gasteiger partial charge on any atom is 0.248 e. The number of thioether (sulfide) groups is 1. The minimum atomic E-state index is -0.653. The maximum absolute atomic E-state index is 13.7. The van der Waals surface area contributed by atoms with Gasteiger partial charge in [-0.1, -0.05) is 24.3 Å². The van der Waals surface area contributed by atoms with E-state index < -0.39 is 11.3 Å². The molecule has 3 N–H and O–H groups in total. The van der Waals surface area contributed by atoms with Crippen LogP contribution in [-0.4, -0.2) is 33.8 Å². The van der Waals surface area contributed by atoms with E-state index in [4.69, 9.17) is 0 Å². The Morgan fingerprint density at radius 3 is 2.73 bits per heavy atom. The van der Waals surface area contributed by atoms with Crippen LogP contribution in [0.1, 0.15) is 11.3 Å². The SMILES string of the molecule is O=C(NCc1cccc(=O)[nH]1)[C@@H]1CS[C@H](Cc2ccccc2F)C(=O)N1. The number of pyridine rings is 1. The van der Waals surface area contributed by atoms with Gasteiger partial charge in [0.15, 0.2) is 0 Å². The molecule has 2 atom stereocenters. The molecule has 1 aromatic carbocycles. The zero-order valence-electron chi connectivity index (χ0n) is 13.8. The summed E-state index contributed by atoms with van der Waals surface area (Å²) in [5.74, 6) is -0.530. The lowest BCUT2D eigenvalue weighted by atomic mass is 10.1. The lowest BCUT2D eigenvalue weighted by Crippen LogP contribution is -2.54. The van der Waals surface area contributed by atoms with E-state index in [-0.39, 0.29) is 36.2 Å². The Kier molecular flexibility index (Phi) is 5.72. The summed E-state index contributed by atoms with van der Waals surface area (Å²) in [6.07, 6.45) is 0.281. The van der Waals surface area contributed by atoms with Gasteiger partial charge in [-0.25, -0.2) is 4.39 Å². The molecule has 0 spiro atoms. The number of halogens is 1. The van der Waals surface area contributed by atoms with Crippen LogP contribution in [0.2, 0.25) is 0 Å². The van der Waals surface area contributed by atoms with Gasteiger partial charge in [0.2, 0.25) is 17.4 Å². The number of amides is 2. The molecule has 26 heavy (non-hydrogen) atoms. The smallest absolute Gasteiger partial charge is 0.248 e. The van der Waals surface area contributed by atoms with Gasteiger partial charge in [0.1, 0.15) is 11.9 Å². The number of benzene rings is 1. The highest BCUT2D eigenvalue weighted by atomic mass is 32.2. The summed E-state index contributed by atoms with van der Waals surface area (Å²) in [6, 6.07) is 10.4. The Morgan fingerprint density at radius 2 is 2.00 bits per heavy atom. The average molecular weight is 375 g/mol. The first kappa shape index (κ1) is 18.2. The van der Waals surface area contributed by atoms with Crippen molar-refractivity contribution >= 4 is 23.6 Å². The zero-order valence-corrected chi connectivity index (χ0v) is 14.6. The molecule has 0 unspecified atom stereocenters. The molecule has 0 radical (unpaired) electrons. The van der Waals surface area contributed by atoms with Crippen molar-refractivity contribution in [3.8, 4) is 0 Å². The monoisotopic (exact) mass is 375 g/mol. The molecule has 1 saturated heterocycles. The Balaban J connectivity index is 1.53. The molecule has 8 heteroatoms. The van der Waals surface area contributed by atoms with Gasteiger partial charge in [0, 0.05) is 17.5 Å². The predicted octanol–water partition coefficient (Wildman–Crippen LogP) is 0.973. The number of H-pyrrole nitrogens is 1. The first-order valence-corrected chi connectivity index (χ1v) is 9.19. The summed E-state index contributed by atoms with van der Waals surface area (Å²) < 4.78 is 13.7. The Morgan fingerprint density at radius 1 is 1.19 bits per heavy atom. The standard InChI is InChI=1S/C18H18FN3O3S/c19-13-6-2-1-4-11(13)8-15-18(25)22-14(10-26-15)17(24)20-9-12-5-3-7-16(23)21-12/h1-7,14-15H,8-10H2,(H,20,24)(H,21,23)(H,22,25)/t14-,15+/m0/s1. The lowest BCUT2D eigenvalue weighted by Gasteiger charge is -2.28. The van der Waals surface area contributed by atoms with Crippen molar-refractivity contribution < 1.29 is 14.0 Å². The van der Waals surface area contributed by atoms with E-state index in [2.05, 4.69) is 15.6 Å². The molecular weight excluding hydrogens is 357 g/mol. The van der Waals surface area contributed by atoms with E-state index in [0.29, 0.717) is 17.0 Å². The van der Waals surface area contributed by atoms with E-state index in [1.54, 1.807) is 30.3 Å². The predicted molar refractivity (Wildman–Crippen MR) is 97.2 cm³/mol. The minimum absolute atomic E-state index is 0.171. The first-order valence-electron chi connectivity index (χ1n) is 8.14. The number of hydrogen-bond acceptors (Lipinski definition) is 4. The summed E-state index contributed by atoms with van der Waals surface area (Å²) in [6.45, 7) is 0.171. The molecule has 136 valence electrons. The first-order chi connectivity index (χ1) is 12.5. The number of aromatic nitrogens is 1. The van der Waals surface area contributed by atoms with Crippen molar-refractivity contribution in [2.45, 2.75) is 24.3 Å². The van der Waals surface area contributed by atoms with E-state index in [0.717, 1.165) is 0 Å². The number of hydrogen-bond donors (Lipinski definition) is 3.